The van der Waals surface area contributed by atoms with Crippen molar-refractivity contribution in [1.29, 1.82) is 5.41 Å². The third-order valence-electron chi connectivity index (χ3n) is 2.70. The highest BCUT2D eigenvalue weighted by molar-refractivity contribution is 7.99. The van der Waals surface area contributed by atoms with Gasteiger partial charge in [-0.2, -0.15) is 0 Å². The third-order valence-corrected chi connectivity index (χ3v) is 4.01. The molecule has 2 aromatic rings. The first-order valence-corrected chi connectivity index (χ1v) is 6.64. The van der Waals surface area contributed by atoms with Crippen molar-refractivity contribution in [2.24, 2.45) is 5.73 Å². The smallest absolute Gasteiger partial charge is 0.0916 e. The van der Waals surface area contributed by atoms with Gasteiger partial charge in [0.25, 0.3) is 0 Å². The predicted octanol–water partition coefficient (Wildman–Crippen LogP) is 3.36. The summed E-state index contributed by atoms with van der Waals surface area (Å²) in [5.74, 6) is 0.264. The van der Waals surface area contributed by atoms with Crippen molar-refractivity contribution in [3.05, 3.63) is 30.3 Å². The molecule has 1 aromatic heterocycles. The van der Waals surface area contributed by atoms with Gasteiger partial charge in [-0.3, -0.25) is 5.41 Å². The number of para-hydroxylation sites is 1. The maximum Gasteiger partial charge on any atom is 0.0916 e. The molecule has 0 spiro atoms. The molecule has 0 aliphatic carbocycles. The SMILES string of the molecule is CCC(CC(=N)N)Sc1cc2ccccc2[nH]1. The van der Waals surface area contributed by atoms with Crippen LogP contribution in [0, 0.1) is 5.41 Å². The van der Waals surface area contributed by atoms with Crippen LogP contribution < -0.4 is 5.73 Å². The van der Waals surface area contributed by atoms with Gasteiger partial charge in [0.2, 0.25) is 0 Å². The van der Waals surface area contributed by atoms with Gasteiger partial charge in [0, 0.05) is 22.6 Å². The predicted molar refractivity (Wildman–Crippen MR) is 74.8 cm³/mol. The summed E-state index contributed by atoms with van der Waals surface area (Å²) in [4.78, 5) is 3.39. The lowest BCUT2D eigenvalue weighted by Gasteiger charge is -2.11. The van der Waals surface area contributed by atoms with Crippen LogP contribution in [0.2, 0.25) is 0 Å². The molecule has 17 heavy (non-hydrogen) atoms. The molecule has 1 atom stereocenters. The van der Waals surface area contributed by atoms with Gasteiger partial charge < -0.3 is 10.7 Å². The number of rotatable bonds is 5. The van der Waals surface area contributed by atoms with Gasteiger partial charge in [-0.15, -0.1) is 11.8 Å². The molecule has 1 aromatic carbocycles. The molecule has 0 saturated carbocycles. The molecule has 0 bridgehead atoms. The van der Waals surface area contributed by atoms with E-state index in [2.05, 4.69) is 30.1 Å². The van der Waals surface area contributed by atoms with Crippen molar-refractivity contribution in [1.82, 2.24) is 4.98 Å². The second kappa shape index (κ2) is 5.27. The number of hydrogen-bond acceptors (Lipinski definition) is 2. The van der Waals surface area contributed by atoms with Gasteiger partial charge >= 0.3 is 0 Å². The van der Waals surface area contributed by atoms with Gasteiger partial charge in [0.1, 0.15) is 0 Å². The number of H-pyrrole nitrogens is 1. The summed E-state index contributed by atoms with van der Waals surface area (Å²) in [6, 6.07) is 10.4. The number of fused-ring (bicyclic) bond motifs is 1. The largest absolute Gasteiger partial charge is 0.388 e. The Morgan fingerprint density at radius 2 is 2.24 bits per heavy atom. The standard InChI is InChI=1S/C13H17N3S/c1-2-10(8-12(14)15)17-13-7-9-5-3-4-6-11(9)16-13/h3-7,10,16H,2,8H2,1H3,(H3,14,15). The second-order valence-corrected chi connectivity index (χ2v) is 5.44. The van der Waals surface area contributed by atoms with Crippen LogP contribution >= 0.6 is 11.8 Å². The van der Waals surface area contributed by atoms with Crippen LogP contribution in [-0.4, -0.2) is 16.1 Å². The Balaban J connectivity index is 2.14. The Morgan fingerprint density at radius 3 is 2.88 bits per heavy atom. The lowest BCUT2D eigenvalue weighted by Crippen LogP contribution is -2.16. The molecule has 4 heteroatoms. The van der Waals surface area contributed by atoms with Crippen LogP contribution in [0.1, 0.15) is 19.8 Å². The number of nitrogens with one attached hydrogen (secondary N) is 2. The van der Waals surface area contributed by atoms with E-state index in [4.69, 9.17) is 11.1 Å². The number of thioether (sulfide) groups is 1. The quantitative estimate of drug-likeness (QED) is 0.431. The maximum absolute atomic E-state index is 7.36. The van der Waals surface area contributed by atoms with Crippen molar-refractivity contribution in [3.63, 3.8) is 0 Å². The van der Waals surface area contributed by atoms with E-state index >= 15 is 0 Å². The highest BCUT2D eigenvalue weighted by Crippen LogP contribution is 2.29. The minimum Gasteiger partial charge on any atom is -0.388 e. The first-order chi connectivity index (χ1) is 8.19. The van der Waals surface area contributed by atoms with Crippen LogP contribution in [0.3, 0.4) is 0 Å². The van der Waals surface area contributed by atoms with E-state index in [1.807, 2.05) is 12.1 Å². The molecule has 0 aliphatic rings. The first-order valence-electron chi connectivity index (χ1n) is 5.76. The van der Waals surface area contributed by atoms with E-state index in [0.29, 0.717) is 11.7 Å². The van der Waals surface area contributed by atoms with Gasteiger partial charge in [0.15, 0.2) is 0 Å². The summed E-state index contributed by atoms with van der Waals surface area (Å²) in [5.41, 5.74) is 6.62. The van der Waals surface area contributed by atoms with Gasteiger partial charge in [-0.1, -0.05) is 25.1 Å². The number of hydrogen-bond donors (Lipinski definition) is 3. The lowest BCUT2D eigenvalue weighted by atomic mass is 10.2. The van der Waals surface area contributed by atoms with E-state index in [0.717, 1.165) is 17.0 Å². The van der Waals surface area contributed by atoms with Gasteiger partial charge in [0.05, 0.1) is 10.9 Å². The molecule has 0 saturated heterocycles. The van der Waals surface area contributed by atoms with Crippen LogP contribution in [-0.2, 0) is 0 Å². The Hall–Kier alpha value is -1.42. The van der Waals surface area contributed by atoms with Crippen molar-refractivity contribution in [2.45, 2.75) is 30.0 Å². The average molecular weight is 247 g/mol. The Labute approximate surface area is 105 Å². The molecule has 1 heterocycles. The zero-order valence-electron chi connectivity index (χ0n) is 9.86. The Bertz CT molecular complexity index is 485. The fraction of sp³-hybridized carbons (Fsp3) is 0.308. The molecule has 0 fully saturated rings. The lowest BCUT2D eigenvalue weighted by molar-refractivity contribution is 0.847. The summed E-state index contributed by atoms with van der Waals surface area (Å²) in [5, 5.41) is 10.1. The van der Waals surface area contributed by atoms with Crippen LogP contribution in [0.15, 0.2) is 35.4 Å². The zero-order valence-corrected chi connectivity index (χ0v) is 10.7. The van der Waals surface area contributed by atoms with Crippen molar-refractivity contribution in [3.8, 4) is 0 Å². The minimum atomic E-state index is 0.264. The summed E-state index contributed by atoms with van der Waals surface area (Å²) in [7, 11) is 0. The van der Waals surface area contributed by atoms with E-state index in [1.54, 1.807) is 11.8 Å². The van der Waals surface area contributed by atoms with Gasteiger partial charge in [-0.05, 0) is 18.6 Å². The first kappa shape index (κ1) is 12.0. The molecule has 90 valence electrons. The fourth-order valence-electron chi connectivity index (χ4n) is 1.80. The topological polar surface area (TPSA) is 65.7 Å². The van der Waals surface area contributed by atoms with E-state index < -0.39 is 0 Å². The maximum atomic E-state index is 7.36. The highest BCUT2D eigenvalue weighted by Gasteiger charge is 2.11. The normalized spacial score (nSPS) is 12.8. The fourth-order valence-corrected chi connectivity index (χ4v) is 2.96. The molecule has 4 N–H and O–H groups in total. The van der Waals surface area contributed by atoms with Crippen molar-refractivity contribution >= 4 is 28.5 Å². The molecule has 2 rings (SSSR count). The molecule has 0 radical (unpaired) electrons. The van der Waals surface area contributed by atoms with E-state index in [9.17, 15) is 0 Å². The van der Waals surface area contributed by atoms with Crippen molar-refractivity contribution in [2.75, 3.05) is 0 Å². The summed E-state index contributed by atoms with van der Waals surface area (Å²) in [6.45, 7) is 2.13. The van der Waals surface area contributed by atoms with Crippen LogP contribution in [0.25, 0.3) is 10.9 Å². The van der Waals surface area contributed by atoms with E-state index in [1.165, 1.54) is 5.39 Å². The minimum absolute atomic E-state index is 0.264. The highest BCUT2D eigenvalue weighted by atomic mass is 32.2. The Morgan fingerprint density at radius 1 is 1.47 bits per heavy atom. The number of amidine groups is 1. The molecule has 3 nitrogen and oxygen atoms in total. The summed E-state index contributed by atoms with van der Waals surface area (Å²) in [6.07, 6.45) is 1.66. The van der Waals surface area contributed by atoms with Crippen LogP contribution in [0.5, 0.6) is 0 Å². The molecule has 0 amide bonds. The number of aromatic amines is 1. The number of benzene rings is 1. The number of aromatic nitrogens is 1. The monoisotopic (exact) mass is 247 g/mol. The summed E-state index contributed by atoms with van der Waals surface area (Å²) < 4.78 is 0. The molecule has 1 unspecified atom stereocenters. The molecular formula is C13H17N3S. The number of nitrogens with two attached hydrogens (primary N) is 1. The average Bonchev–Trinajstić information content (AvgIpc) is 2.69. The van der Waals surface area contributed by atoms with Gasteiger partial charge in [-0.25, -0.2) is 0 Å². The zero-order chi connectivity index (χ0) is 12.3. The molecule has 0 aliphatic heterocycles. The second-order valence-electron chi connectivity index (χ2n) is 4.10. The Kier molecular flexibility index (Phi) is 3.74. The van der Waals surface area contributed by atoms with E-state index in [-0.39, 0.29) is 5.84 Å². The molecular weight excluding hydrogens is 230 g/mol. The third kappa shape index (κ3) is 3.03. The summed E-state index contributed by atoms with van der Waals surface area (Å²) >= 11 is 1.77. The van der Waals surface area contributed by atoms with Crippen molar-refractivity contribution < 1.29 is 0 Å². The van der Waals surface area contributed by atoms with Crippen LogP contribution in [0.4, 0.5) is 0 Å².